The first-order chi connectivity index (χ1) is 12.2. The largest absolute Gasteiger partial charge is 0.369 e. The molecule has 0 radical (unpaired) electrons. The lowest BCUT2D eigenvalue weighted by atomic mass is 9.58. The zero-order valence-corrected chi connectivity index (χ0v) is 15.6. The van der Waals surface area contributed by atoms with Gasteiger partial charge in [-0.2, -0.15) is 0 Å². The van der Waals surface area contributed by atoms with E-state index in [1.807, 2.05) is 11.1 Å². The number of primary amides is 1. The number of rotatable bonds is 1. The Labute approximate surface area is 152 Å². The second-order valence-electron chi connectivity index (χ2n) is 9.50. The number of allylic oxidation sites excluding steroid dienone is 4. The van der Waals surface area contributed by atoms with Crippen molar-refractivity contribution in [3.05, 3.63) is 22.3 Å². The van der Waals surface area contributed by atoms with Gasteiger partial charge < -0.3 is 5.73 Å². The summed E-state index contributed by atoms with van der Waals surface area (Å²) in [5, 5.41) is 0. The van der Waals surface area contributed by atoms with E-state index >= 15 is 0 Å². The van der Waals surface area contributed by atoms with Gasteiger partial charge in [-0.25, -0.2) is 0 Å². The van der Waals surface area contributed by atoms with Crippen molar-refractivity contribution in [1.82, 2.24) is 0 Å². The van der Waals surface area contributed by atoms with Crippen molar-refractivity contribution in [2.24, 2.45) is 35.3 Å². The molecule has 2 fully saturated rings. The van der Waals surface area contributed by atoms with Gasteiger partial charge in [0.05, 0.1) is 0 Å². The number of nitrogens with two attached hydrogens (primary N) is 1. The molecule has 0 spiro atoms. The van der Waals surface area contributed by atoms with Gasteiger partial charge >= 0.3 is 0 Å². The van der Waals surface area contributed by atoms with Gasteiger partial charge in [0.25, 0.3) is 0 Å². The van der Waals surface area contributed by atoms with Gasteiger partial charge in [-0.1, -0.05) is 35.1 Å². The van der Waals surface area contributed by atoms with Gasteiger partial charge in [0.1, 0.15) is 0 Å². The molecule has 0 aromatic rings. The number of hydrogen-bond acceptors (Lipinski definition) is 1. The number of carbonyl (C=O) groups excluding carboxylic acids is 1. The first-order valence-electron chi connectivity index (χ1n) is 10.9. The van der Waals surface area contributed by atoms with Crippen LogP contribution in [0.5, 0.6) is 0 Å². The third kappa shape index (κ3) is 2.62. The summed E-state index contributed by atoms with van der Waals surface area (Å²) in [5.74, 6) is 3.52. The zero-order valence-electron chi connectivity index (χ0n) is 15.6. The molecule has 0 aromatic heterocycles. The highest BCUT2D eigenvalue weighted by molar-refractivity contribution is 5.77. The number of carbonyl (C=O) groups is 1. The van der Waals surface area contributed by atoms with E-state index in [0.717, 1.165) is 36.5 Å². The van der Waals surface area contributed by atoms with Gasteiger partial charge in [0, 0.05) is 11.8 Å². The van der Waals surface area contributed by atoms with Crippen molar-refractivity contribution in [2.75, 3.05) is 0 Å². The second kappa shape index (κ2) is 6.28. The summed E-state index contributed by atoms with van der Waals surface area (Å²) in [7, 11) is 0. The SMILES string of the molecule is NC(=O)C1CCC2CCC3C(=C2C1)CCC1=C3CCC2CCCCC12. The Bertz CT molecular complexity index is 642. The maximum Gasteiger partial charge on any atom is 0.220 e. The van der Waals surface area contributed by atoms with Crippen LogP contribution in [0.4, 0.5) is 0 Å². The first-order valence-corrected chi connectivity index (χ1v) is 10.9. The number of fused-ring (bicyclic) bond motifs is 5. The Kier molecular flexibility index (Phi) is 4.06. The highest BCUT2D eigenvalue weighted by Crippen LogP contribution is 2.56. The van der Waals surface area contributed by atoms with Crippen molar-refractivity contribution in [2.45, 2.75) is 83.5 Å². The number of amides is 1. The molecule has 5 aliphatic rings. The van der Waals surface area contributed by atoms with Gasteiger partial charge in [-0.15, -0.1) is 0 Å². The molecule has 25 heavy (non-hydrogen) atoms. The van der Waals surface area contributed by atoms with Crippen LogP contribution in [0.15, 0.2) is 22.3 Å². The van der Waals surface area contributed by atoms with Crippen molar-refractivity contribution in [3.8, 4) is 0 Å². The van der Waals surface area contributed by atoms with Gasteiger partial charge in [0.15, 0.2) is 0 Å². The van der Waals surface area contributed by atoms with Gasteiger partial charge in [0.2, 0.25) is 5.91 Å². The molecule has 5 atom stereocenters. The van der Waals surface area contributed by atoms with Crippen LogP contribution in [0, 0.1) is 29.6 Å². The number of hydrogen-bond donors (Lipinski definition) is 1. The smallest absolute Gasteiger partial charge is 0.220 e. The summed E-state index contributed by atoms with van der Waals surface area (Å²) in [6.07, 6.45) is 17.3. The molecular weight excluding hydrogens is 306 g/mol. The minimum Gasteiger partial charge on any atom is -0.369 e. The maximum absolute atomic E-state index is 11.8. The van der Waals surface area contributed by atoms with Crippen LogP contribution in [0.1, 0.15) is 83.5 Å². The van der Waals surface area contributed by atoms with Crippen LogP contribution in [-0.2, 0) is 4.79 Å². The summed E-state index contributed by atoms with van der Waals surface area (Å²) >= 11 is 0. The Morgan fingerprint density at radius 3 is 2.40 bits per heavy atom. The summed E-state index contributed by atoms with van der Waals surface area (Å²) in [4.78, 5) is 11.8. The summed E-state index contributed by atoms with van der Waals surface area (Å²) < 4.78 is 0. The van der Waals surface area contributed by atoms with Crippen LogP contribution in [-0.4, -0.2) is 5.91 Å². The van der Waals surface area contributed by atoms with E-state index in [2.05, 4.69) is 0 Å². The lowest BCUT2D eigenvalue weighted by molar-refractivity contribution is -0.122. The quantitative estimate of drug-likeness (QED) is 0.648. The minimum absolute atomic E-state index is 0.0629. The van der Waals surface area contributed by atoms with Crippen LogP contribution in [0.2, 0.25) is 0 Å². The molecule has 0 heterocycles. The summed E-state index contributed by atoms with van der Waals surface area (Å²) in [6.45, 7) is 0. The van der Waals surface area contributed by atoms with Crippen molar-refractivity contribution in [3.63, 3.8) is 0 Å². The fourth-order valence-corrected chi connectivity index (χ4v) is 7.32. The normalized spacial score (nSPS) is 40.7. The minimum atomic E-state index is -0.0629. The van der Waals surface area contributed by atoms with Gasteiger partial charge in [-0.05, 0) is 88.4 Å². The summed E-state index contributed by atoms with van der Waals surface area (Å²) in [5.41, 5.74) is 12.9. The molecule has 2 N–H and O–H groups in total. The van der Waals surface area contributed by atoms with Crippen LogP contribution in [0.3, 0.4) is 0 Å². The van der Waals surface area contributed by atoms with E-state index in [9.17, 15) is 4.79 Å². The molecule has 5 aliphatic carbocycles. The fourth-order valence-electron chi connectivity index (χ4n) is 7.32. The molecule has 0 bridgehead atoms. The molecule has 2 saturated carbocycles. The molecule has 2 nitrogen and oxygen atoms in total. The predicted molar refractivity (Wildman–Crippen MR) is 101 cm³/mol. The highest BCUT2D eigenvalue weighted by atomic mass is 16.1. The molecule has 0 saturated heterocycles. The highest BCUT2D eigenvalue weighted by Gasteiger charge is 2.42. The Balaban J connectivity index is 1.48. The second-order valence-corrected chi connectivity index (χ2v) is 9.50. The molecule has 0 aliphatic heterocycles. The van der Waals surface area contributed by atoms with E-state index in [4.69, 9.17) is 5.73 Å². The Morgan fingerprint density at radius 1 is 0.760 bits per heavy atom. The van der Waals surface area contributed by atoms with Crippen molar-refractivity contribution < 1.29 is 4.79 Å². The van der Waals surface area contributed by atoms with E-state index in [1.165, 1.54) is 70.6 Å². The third-order valence-electron chi connectivity index (χ3n) is 8.50. The Morgan fingerprint density at radius 2 is 1.52 bits per heavy atom. The predicted octanol–water partition coefficient (Wildman–Crippen LogP) is 5.29. The van der Waals surface area contributed by atoms with Gasteiger partial charge in [-0.3, -0.25) is 4.79 Å². The zero-order chi connectivity index (χ0) is 17.0. The molecule has 136 valence electrons. The van der Waals surface area contributed by atoms with E-state index in [-0.39, 0.29) is 11.8 Å². The van der Waals surface area contributed by atoms with E-state index in [0.29, 0.717) is 0 Å². The topological polar surface area (TPSA) is 43.1 Å². The van der Waals surface area contributed by atoms with E-state index in [1.54, 1.807) is 11.1 Å². The lowest BCUT2D eigenvalue weighted by Crippen LogP contribution is -2.36. The molecule has 5 unspecified atom stereocenters. The standard InChI is InChI=1S/C23H33NO/c24-23(25)16-6-5-15-8-10-20-19-9-7-14-3-1-2-4-17(14)18(19)11-12-21(20)22(15)13-16/h14-17,20H,1-13H2,(H2,24,25). The summed E-state index contributed by atoms with van der Waals surface area (Å²) in [6, 6.07) is 0. The molecule has 1 amide bonds. The molecule has 5 rings (SSSR count). The van der Waals surface area contributed by atoms with Crippen LogP contribution in [0.25, 0.3) is 0 Å². The maximum atomic E-state index is 11.8. The molecular formula is C23H33NO. The molecule has 0 aromatic carbocycles. The fraction of sp³-hybridized carbons (Fsp3) is 0.783. The van der Waals surface area contributed by atoms with Crippen LogP contribution < -0.4 is 5.73 Å². The average molecular weight is 340 g/mol. The molecule has 2 heteroatoms. The van der Waals surface area contributed by atoms with E-state index < -0.39 is 0 Å². The van der Waals surface area contributed by atoms with Crippen LogP contribution >= 0.6 is 0 Å². The van der Waals surface area contributed by atoms with Crippen molar-refractivity contribution >= 4 is 5.91 Å². The average Bonchev–Trinajstić information content (AvgIpc) is 2.66. The monoisotopic (exact) mass is 339 g/mol. The Hall–Kier alpha value is -1.05. The lowest BCUT2D eigenvalue weighted by Gasteiger charge is -2.47. The first kappa shape index (κ1) is 16.1. The van der Waals surface area contributed by atoms with Crippen molar-refractivity contribution in [1.29, 1.82) is 0 Å². The third-order valence-corrected chi connectivity index (χ3v) is 8.50.